The smallest absolute Gasteiger partial charge is 0.165 e. The molecule has 0 atom stereocenters. The van der Waals surface area contributed by atoms with E-state index in [0.717, 1.165) is 60.8 Å². The third kappa shape index (κ3) is 6.18. The first-order valence-corrected chi connectivity index (χ1v) is 13.0. The minimum atomic E-state index is -0.411. The maximum atomic E-state index is 10.9. The highest BCUT2D eigenvalue weighted by Gasteiger charge is 2.32. The summed E-state index contributed by atoms with van der Waals surface area (Å²) in [6.07, 6.45) is 7.45. The second kappa shape index (κ2) is 10.4. The highest BCUT2D eigenvalue weighted by atomic mass is 16.5. The van der Waals surface area contributed by atoms with Gasteiger partial charge < -0.3 is 24.8 Å². The molecule has 198 valence electrons. The van der Waals surface area contributed by atoms with Crippen molar-refractivity contribution in [2.75, 3.05) is 7.11 Å². The molecule has 3 N–H and O–H groups in total. The molecule has 0 aliphatic carbocycles. The van der Waals surface area contributed by atoms with E-state index in [2.05, 4.69) is 34.3 Å². The molecule has 0 saturated heterocycles. The van der Waals surface area contributed by atoms with Crippen LogP contribution in [0.4, 0.5) is 0 Å². The summed E-state index contributed by atoms with van der Waals surface area (Å²) in [7, 11) is 1.74. The maximum Gasteiger partial charge on any atom is 0.165 e. The first-order chi connectivity index (χ1) is 16.7. The predicted octanol–water partition coefficient (Wildman–Crippen LogP) is 6.90. The van der Waals surface area contributed by atoms with Gasteiger partial charge in [-0.15, -0.1) is 6.58 Å². The number of aromatic hydroxyl groups is 3. The quantitative estimate of drug-likeness (QED) is 0.312. The molecule has 1 aliphatic rings. The summed E-state index contributed by atoms with van der Waals surface area (Å²) in [6.45, 7) is 16.2. The number of methoxy groups -OCH3 is 1. The number of allylic oxidation sites excluding steroid dienone is 1. The number of fused-ring (bicyclic) bond motifs is 1. The lowest BCUT2D eigenvalue weighted by Crippen LogP contribution is -2.33. The number of phenolic OH excluding ortho intramolecular Hbond substituents is 3. The van der Waals surface area contributed by atoms with Crippen molar-refractivity contribution >= 4 is 0 Å². The minimum Gasteiger partial charge on any atom is -0.508 e. The van der Waals surface area contributed by atoms with Crippen molar-refractivity contribution in [1.29, 1.82) is 0 Å². The van der Waals surface area contributed by atoms with Gasteiger partial charge in [-0.05, 0) is 101 Å². The van der Waals surface area contributed by atoms with Gasteiger partial charge in [0.15, 0.2) is 11.5 Å². The van der Waals surface area contributed by atoms with Crippen LogP contribution in [0.2, 0.25) is 0 Å². The highest BCUT2D eigenvalue weighted by molar-refractivity contribution is 5.56. The van der Waals surface area contributed by atoms with Gasteiger partial charge in [0.05, 0.1) is 5.60 Å². The van der Waals surface area contributed by atoms with E-state index in [1.165, 1.54) is 11.6 Å². The Morgan fingerprint density at radius 3 is 2.28 bits per heavy atom. The Hall–Kier alpha value is -2.66. The Morgan fingerprint density at radius 1 is 0.972 bits per heavy atom. The molecule has 5 heteroatoms. The van der Waals surface area contributed by atoms with Crippen LogP contribution in [0.1, 0.15) is 88.6 Å². The number of hydrogen-bond donors (Lipinski definition) is 3. The summed E-state index contributed by atoms with van der Waals surface area (Å²) in [6, 6.07) is 5.17. The number of ether oxygens (including phenoxy) is 2. The topological polar surface area (TPSA) is 79.2 Å². The standard InChI is InChI=1S/C31H44O5/c1-9-29(2,3)24-17-21(25(32)19-26(24)33)12-10-11-20-18-27(34)28-23(14-16-31(6,7)36-28)22(20)13-15-30(4,5)35-8/h9,17-19,32-34H,1,10-16H2,2-8H3. The lowest BCUT2D eigenvalue weighted by molar-refractivity contribution is 0.0155. The molecule has 5 nitrogen and oxygen atoms in total. The van der Waals surface area contributed by atoms with Gasteiger partial charge in [-0.25, -0.2) is 0 Å². The highest BCUT2D eigenvalue weighted by Crippen LogP contribution is 2.44. The van der Waals surface area contributed by atoms with Crippen molar-refractivity contribution in [3.8, 4) is 23.0 Å². The Morgan fingerprint density at radius 2 is 1.64 bits per heavy atom. The number of phenols is 3. The van der Waals surface area contributed by atoms with Crippen LogP contribution in [-0.4, -0.2) is 33.6 Å². The molecule has 0 aromatic heterocycles. The Bertz CT molecular complexity index is 1110. The second-order valence-electron chi connectivity index (χ2n) is 11.9. The molecule has 2 aromatic rings. The molecule has 0 radical (unpaired) electrons. The van der Waals surface area contributed by atoms with E-state index in [1.54, 1.807) is 13.2 Å². The van der Waals surface area contributed by atoms with Crippen LogP contribution < -0.4 is 4.74 Å². The fraction of sp³-hybridized carbons (Fsp3) is 0.548. The first kappa shape index (κ1) is 27.9. The van der Waals surface area contributed by atoms with Crippen molar-refractivity contribution in [1.82, 2.24) is 0 Å². The lowest BCUT2D eigenvalue weighted by atomic mass is 9.82. The zero-order valence-corrected chi connectivity index (χ0v) is 23.1. The molecule has 0 unspecified atom stereocenters. The zero-order valence-electron chi connectivity index (χ0n) is 23.1. The summed E-state index contributed by atoms with van der Waals surface area (Å²) < 4.78 is 11.9. The van der Waals surface area contributed by atoms with Crippen molar-refractivity contribution in [3.05, 3.63) is 58.7 Å². The summed E-state index contributed by atoms with van der Waals surface area (Å²) in [4.78, 5) is 0. The third-order valence-corrected chi connectivity index (χ3v) is 7.75. The molecule has 36 heavy (non-hydrogen) atoms. The third-order valence-electron chi connectivity index (χ3n) is 7.75. The molecular formula is C31H44O5. The van der Waals surface area contributed by atoms with E-state index in [-0.39, 0.29) is 28.5 Å². The number of hydrogen-bond acceptors (Lipinski definition) is 5. The van der Waals surface area contributed by atoms with Gasteiger partial charge in [0.2, 0.25) is 0 Å². The van der Waals surface area contributed by atoms with Gasteiger partial charge >= 0.3 is 0 Å². The fourth-order valence-electron chi connectivity index (χ4n) is 4.92. The molecule has 2 aromatic carbocycles. The molecule has 0 fully saturated rings. The Labute approximate surface area is 216 Å². The summed E-state index contributed by atoms with van der Waals surface area (Å²) in [5, 5.41) is 31.8. The SMILES string of the molecule is C=CC(C)(C)c1cc(CCCc2cc(O)c3c(c2CCC(C)(C)OC)CCC(C)(C)O3)c(O)cc1O. The summed E-state index contributed by atoms with van der Waals surface area (Å²) >= 11 is 0. The molecule has 1 heterocycles. The van der Waals surface area contributed by atoms with Gasteiger partial charge in [-0.1, -0.05) is 19.9 Å². The van der Waals surface area contributed by atoms with Gasteiger partial charge in [0.1, 0.15) is 17.1 Å². The van der Waals surface area contributed by atoms with Crippen molar-refractivity contribution in [2.24, 2.45) is 0 Å². The van der Waals surface area contributed by atoms with Crippen molar-refractivity contribution in [3.63, 3.8) is 0 Å². The van der Waals surface area contributed by atoms with E-state index >= 15 is 0 Å². The zero-order chi connectivity index (χ0) is 26.9. The van der Waals surface area contributed by atoms with Crippen LogP contribution >= 0.6 is 0 Å². The average Bonchev–Trinajstić information content (AvgIpc) is 2.79. The van der Waals surface area contributed by atoms with Gasteiger partial charge in [-0.3, -0.25) is 0 Å². The molecule has 0 bridgehead atoms. The first-order valence-electron chi connectivity index (χ1n) is 13.0. The number of benzene rings is 2. The minimum absolute atomic E-state index is 0.0757. The second-order valence-corrected chi connectivity index (χ2v) is 11.9. The van der Waals surface area contributed by atoms with Crippen molar-refractivity contribution in [2.45, 2.75) is 103 Å². The van der Waals surface area contributed by atoms with Crippen LogP contribution in [0.5, 0.6) is 23.0 Å². The van der Waals surface area contributed by atoms with Crippen LogP contribution in [-0.2, 0) is 35.8 Å². The molecule has 0 amide bonds. The number of aryl methyl sites for hydroxylation is 2. The normalized spacial score (nSPS) is 15.3. The summed E-state index contributed by atoms with van der Waals surface area (Å²) in [5.74, 6) is 0.992. The van der Waals surface area contributed by atoms with Crippen LogP contribution in [0.3, 0.4) is 0 Å². The van der Waals surface area contributed by atoms with E-state index in [9.17, 15) is 15.3 Å². The Balaban J connectivity index is 1.89. The monoisotopic (exact) mass is 496 g/mol. The van der Waals surface area contributed by atoms with Crippen molar-refractivity contribution < 1.29 is 24.8 Å². The lowest BCUT2D eigenvalue weighted by Gasteiger charge is -2.35. The van der Waals surface area contributed by atoms with E-state index < -0.39 is 5.41 Å². The fourth-order valence-corrected chi connectivity index (χ4v) is 4.92. The van der Waals surface area contributed by atoms with E-state index in [0.29, 0.717) is 12.2 Å². The summed E-state index contributed by atoms with van der Waals surface area (Å²) in [5.41, 5.74) is 4.06. The molecule has 0 spiro atoms. The molecule has 0 saturated carbocycles. The molecule has 1 aliphatic heterocycles. The van der Waals surface area contributed by atoms with E-state index in [1.807, 2.05) is 26.0 Å². The maximum absolute atomic E-state index is 10.9. The predicted molar refractivity (Wildman–Crippen MR) is 146 cm³/mol. The van der Waals surface area contributed by atoms with Gasteiger partial charge in [0.25, 0.3) is 0 Å². The Kier molecular flexibility index (Phi) is 8.04. The number of rotatable bonds is 10. The average molecular weight is 497 g/mol. The van der Waals surface area contributed by atoms with Crippen LogP contribution in [0.15, 0.2) is 30.9 Å². The van der Waals surface area contributed by atoms with Crippen LogP contribution in [0, 0.1) is 0 Å². The largest absolute Gasteiger partial charge is 0.508 e. The molecular weight excluding hydrogens is 452 g/mol. The van der Waals surface area contributed by atoms with E-state index in [4.69, 9.17) is 9.47 Å². The van der Waals surface area contributed by atoms with Crippen LogP contribution in [0.25, 0.3) is 0 Å². The van der Waals surface area contributed by atoms with Gasteiger partial charge in [-0.2, -0.15) is 0 Å². The molecule has 3 rings (SSSR count). The van der Waals surface area contributed by atoms with Gasteiger partial charge in [0, 0.05) is 29.7 Å².